The number of carbonyl (C=O) groups excluding carboxylic acids is 1. The maximum absolute atomic E-state index is 12.9. The minimum Gasteiger partial charge on any atom is -0.365 e. The number of nitrogens with two attached hydrogens (primary N) is 1. The molecule has 0 bridgehead atoms. The van der Waals surface area contributed by atoms with Crippen molar-refractivity contribution in [3.63, 3.8) is 0 Å². The van der Waals surface area contributed by atoms with Crippen molar-refractivity contribution < 1.29 is 13.2 Å². The third kappa shape index (κ3) is 4.04. The number of fused-ring (bicyclic) bond motifs is 1. The van der Waals surface area contributed by atoms with E-state index in [2.05, 4.69) is 32.4 Å². The van der Waals surface area contributed by atoms with Gasteiger partial charge in [0.1, 0.15) is 5.00 Å². The molecule has 5 nitrogen and oxygen atoms in total. The SMILES string of the molecule is CC1CCc2c(sc(NS(=O)(=O)c3ccc(C(C)(C)C)cc3)c2C(N)=O)C1. The maximum Gasteiger partial charge on any atom is 0.262 e. The highest BCUT2D eigenvalue weighted by molar-refractivity contribution is 7.93. The van der Waals surface area contributed by atoms with Crippen LogP contribution in [0.4, 0.5) is 5.00 Å². The van der Waals surface area contributed by atoms with Gasteiger partial charge in [-0.25, -0.2) is 8.42 Å². The smallest absolute Gasteiger partial charge is 0.262 e. The van der Waals surface area contributed by atoms with Crippen LogP contribution >= 0.6 is 11.3 Å². The largest absolute Gasteiger partial charge is 0.365 e. The van der Waals surface area contributed by atoms with Crippen LogP contribution in [-0.2, 0) is 28.3 Å². The van der Waals surface area contributed by atoms with E-state index in [9.17, 15) is 13.2 Å². The summed E-state index contributed by atoms with van der Waals surface area (Å²) in [6.07, 6.45) is 2.58. The van der Waals surface area contributed by atoms with E-state index in [4.69, 9.17) is 5.73 Å². The van der Waals surface area contributed by atoms with Crippen LogP contribution in [-0.4, -0.2) is 14.3 Å². The highest BCUT2D eigenvalue weighted by atomic mass is 32.2. The van der Waals surface area contributed by atoms with Gasteiger partial charge in [0.25, 0.3) is 15.9 Å². The van der Waals surface area contributed by atoms with E-state index in [0.717, 1.165) is 35.3 Å². The third-order valence-corrected chi connectivity index (χ3v) is 7.68. The van der Waals surface area contributed by atoms with Crippen molar-refractivity contribution in [1.82, 2.24) is 0 Å². The molecule has 7 heteroatoms. The Morgan fingerprint density at radius 3 is 2.41 bits per heavy atom. The molecule has 146 valence electrons. The molecule has 1 amide bonds. The Hall–Kier alpha value is -1.86. The molecule has 0 radical (unpaired) electrons. The van der Waals surface area contributed by atoms with E-state index in [1.165, 1.54) is 11.3 Å². The number of carbonyl (C=O) groups is 1. The van der Waals surface area contributed by atoms with Gasteiger partial charge in [0.05, 0.1) is 10.5 Å². The molecule has 0 spiro atoms. The minimum atomic E-state index is -3.79. The van der Waals surface area contributed by atoms with Crippen LogP contribution in [0.15, 0.2) is 29.2 Å². The molecule has 1 aliphatic rings. The molecule has 1 heterocycles. The lowest BCUT2D eigenvalue weighted by atomic mass is 9.87. The molecule has 0 saturated heterocycles. The highest BCUT2D eigenvalue weighted by Crippen LogP contribution is 2.40. The fraction of sp³-hybridized carbons (Fsp3) is 0.450. The standard InChI is InChI=1S/C20H26N2O3S2/c1-12-5-10-15-16(11-12)26-19(17(15)18(21)23)22-27(24,25)14-8-6-13(7-9-14)20(2,3)4/h6-9,12,22H,5,10-11H2,1-4H3,(H2,21,23). The van der Waals surface area contributed by atoms with Crippen molar-refractivity contribution in [3.8, 4) is 0 Å². The van der Waals surface area contributed by atoms with Gasteiger partial charge in [-0.05, 0) is 53.9 Å². The summed E-state index contributed by atoms with van der Waals surface area (Å²) in [6.45, 7) is 8.38. The number of hydrogen-bond donors (Lipinski definition) is 2. The Labute approximate surface area is 165 Å². The average molecular weight is 407 g/mol. The van der Waals surface area contributed by atoms with Gasteiger partial charge in [0.15, 0.2) is 0 Å². The lowest BCUT2D eigenvalue weighted by molar-refractivity contribution is 0.100. The van der Waals surface area contributed by atoms with Crippen LogP contribution in [0, 0.1) is 5.92 Å². The number of hydrogen-bond acceptors (Lipinski definition) is 4. The van der Waals surface area contributed by atoms with Gasteiger partial charge in [-0.15, -0.1) is 11.3 Å². The molecule has 0 aliphatic heterocycles. The van der Waals surface area contributed by atoms with Crippen LogP contribution < -0.4 is 10.5 Å². The predicted octanol–water partition coefficient (Wildman–Crippen LogP) is 4.07. The first-order chi connectivity index (χ1) is 12.5. The topological polar surface area (TPSA) is 89.3 Å². The molecule has 0 fully saturated rings. The van der Waals surface area contributed by atoms with Crippen LogP contribution in [0.3, 0.4) is 0 Å². The number of thiophene rings is 1. The Balaban J connectivity index is 1.95. The summed E-state index contributed by atoms with van der Waals surface area (Å²) in [6, 6.07) is 6.85. The fourth-order valence-corrected chi connectivity index (χ4v) is 6.12. The van der Waals surface area contributed by atoms with Crippen molar-refractivity contribution in [2.45, 2.75) is 57.3 Å². The van der Waals surface area contributed by atoms with Crippen LogP contribution in [0.5, 0.6) is 0 Å². The van der Waals surface area contributed by atoms with Gasteiger partial charge < -0.3 is 5.73 Å². The van der Waals surface area contributed by atoms with Crippen molar-refractivity contribution in [2.75, 3.05) is 4.72 Å². The molecule has 3 N–H and O–H groups in total. The quantitative estimate of drug-likeness (QED) is 0.802. The third-order valence-electron chi connectivity index (χ3n) is 5.02. The van der Waals surface area contributed by atoms with E-state index >= 15 is 0 Å². The predicted molar refractivity (Wildman–Crippen MR) is 110 cm³/mol. The van der Waals surface area contributed by atoms with E-state index in [0.29, 0.717) is 16.5 Å². The second kappa shape index (κ2) is 6.95. The second-order valence-electron chi connectivity index (χ2n) is 8.30. The Bertz CT molecular complexity index is 968. The lowest BCUT2D eigenvalue weighted by Crippen LogP contribution is -2.19. The molecule has 1 atom stereocenters. The summed E-state index contributed by atoms with van der Waals surface area (Å²) in [4.78, 5) is 13.2. The highest BCUT2D eigenvalue weighted by Gasteiger charge is 2.29. The zero-order valence-electron chi connectivity index (χ0n) is 16.1. The van der Waals surface area contributed by atoms with Gasteiger partial charge in [0, 0.05) is 4.88 Å². The molecule has 1 aromatic heterocycles. The molecule has 3 rings (SSSR count). The summed E-state index contributed by atoms with van der Waals surface area (Å²) in [7, 11) is -3.79. The summed E-state index contributed by atoms with van der Waals surface area (Å²) in [5.41, 5.74) is 7.81. The number of anilines is 1. The zero-order valence-corrected chi connectivity index (χ0v) is 17.8. The van der Waals surface area contributed by atoms with Crippen LogP contribution in [0.1, 0.15) is 60.5 Å². The average Bonchev–Trinajstić information content (AvgIpc) is 2.90. The molecule has 1 aliphatic carbocycles. The molecule has 2 aromatic rings. The molecule has 1 unspecified atom stereocenters. The normalized spacial score (nSPS) is 17.4. The van der Waals surface area contributed by atoms with E-state index in [1.807, 2.05) is 12.1 Å². The second-order valence-corrected chi connectivity index (χ2v) is 11.1. The van der Waals surface area contributed by atoms with Crippen LogP contribution in [0.25, 0.3) is 0 Å². The molecular weight excluding hydrogens is 380 g/mol. The number of rotatable bonds is 4. The van der Waals surface area contributed by atoms with Crippen molar-refractivity contribution in [3.05, 3.63) is 45.8 Å². The Morgan fingerprint density at radius 1 is 1.22 bits per heavy atom. The van der Waals surface area contributed by atoms with E-state index < -0.39 is 15.9 Å². The molecule has 1 aromatic carbocycles. The van der Waals surface area contributed by atoms with Crippen LogP contribution in [0.2, 0.25) is 0 Å². The summed E-state index contributed by atoms with van der Waals surface area (Å²) >= 11 is 1.33. The number of sulfonamides is 1. The van der Waals surface area contributed by atoms with Gasteiger partial charge >= 0.3 is 0 Å². The lowest BCUT2D eigenvalue weighted by Gasteiger charge is -2.19. The number of amides is 1. The zero-order chi connectivity index (χ0) is 20.0. The van der Waals surface area contributed by atoms with E-state index in [-0.39, 0.29) is 10.3 Å². The van der Waals surface area contributed by atoms with Gasteiger partial charge in [-0.1, -0.05) is 39.8 Å². The van der Waals surface area contributed by atoms with Gasteiger partial charge in [0.2, 0.25) is 0 Å². The summed E-state index contributed by atoms with van der Waals surface area (Å²) in [5, 5.41) is 0.335. The minimum absolute atomic E-state index is 0.0572. The summed E-state index contributed by atoms with van der Waals surface area (Å²) in [5.74, 6) is -0.0610. The van der Waals surface area contributed by atoms with Crippen molar-refractivity contribution in [1.29, 1.82) is 0 Å². The van der Waals surface area contributed by atoms with Gasteiger partial charge in [-0.3, -0.25) is 9.52 Å². The monoisotopic (exact) mass is 406 g/mol. The number of primary amides is 1. The molecule has 27 heavy (non-hydrogen) atoms. The van der Waals surface area contributed by atoms with E-state index in [1.54, 1.807) is 12.1 Å². The van der Waals surface area contributed by atoms with Gasteiger partial charge in [-0.2, -0.15) is 0 Å². The summed E-state index contributed by atoms with van der Waals surface area (Å²) < 4.78 is 28.3. The van der Waals surface area contributed by atoms with Crippen molar-refractivity contribution >= 4 is 32.3 Å². The Morgan fingerprint density at radius 2 is 1.85 bits per heavy atom. The fourth-order valence-electron chi connectivity index (χ4n) is 3.40. The first kappa shape index (κ1) is 19.9. The molecule has 0 saturated carbocycles. The number of benzene rings is 1. The maximum atomic E-state index is 12.9. The Kier molecular flexibility index (Phi) is 5.12. The number of nitrogens with one attached hydrogen (secondary N) is 1. The molecular formula is C20H26N2O3S2. The first-order valence-electron chi connectivity index (χ1n) is 9.06. The first-order valence-corrected chi connectivity index (χ1v) is 11.4. The van der Waals surface area contributed by atoms with Crippen molar-refractivity contribution in [2.24, 2.45) is 11.7 Å².